The highest BCUT2D eigenvalue weighted by molar-refractivity contribution is 7.81. The van der Waals surface area contributed by atoms with E-state index in [9.17, 15) is 0 Å². The highest BCUT2D eigenvalue weighted by Crippen LogP contribution is 2.21. The van der Waals surface area contributed by atoms with E-state index in [2.05, 4.69) is 17.5 Å². The summed E-state index contributed by atoms with van der Waals surface area (Å²) in [5.74, 6) is 0.215. The van der Waals surface area contributed by atoms with Crippen LogP contribution in [0.3, 0.4) is 0 Å². The number of nitrogens with one attached hydrogen (secondary N) is 1. The third-order valence-electron chi connectivity index (χ3n) is 1.02. The van der Waals surface area contributed by atoms with Crippen LogP contribution in [0.25, 0.3) is 0 Å². The maximum Gasteiger partial charge on any atom is 0.139 e. The van der Waals surface area contributed by atoms with Crippen LogP contribution in [0.5, 0.6) is 5.75 Å². The molecule has 2 N–H and O–H groups in total. The molecule has 48 valence electrons. The largest absolute Gasteiger partial charge is 0.506 e. The van der Waals surface area contributed by atoms with Crippen molar-refractivity contribution in [1.82, 2.24) is 0 Å². The van der Waals surface area contributed by atoms with Gasteiger partial charge in [-0.2, -0.15) is 0 Å². The number of thiol groups is 1. The van der Waals surface area contributed by atoms with Crippen molar-refractivity contribution in [3.05, 3.63) is 24.3 Å². The second kappa shape index (κ2) is 2.64. The zero-order chi connectivity index (χ0) is 6.69. The number of benzene rings is 1. The van der Waals surface area contributed by atoms with E-state index in [0.29, 0.717) is 5.69 Å². The monoisotopic (exact) mass is 141 g/mol. The van der Waals surface area contributed by atoms with Crippen molar-refractivity contribution in [3.63, 3.8) is 0 Å². The summed E-state index contributed by atoms with van der Waals surface area (Å²) in [6.07, 6.45) is 0. The van der Waals surface area contributed by atoms with Crippen molar-refractivity contribution in [1.29, 1.82) is 0 Å². The third-order valence-corrected chi connectivity index (χ3v) is 1.27. The molecule has 9 heavy (non-hydrogen) atoms. The van der Waals surface area contributed by atoms with Gasteiger partial charge in [0.05, 0.1) is 5.69 Å². The van der Waals surface area contributed by atoms with Crippen molar-refractivity contribution in [3.8, 4) is 5.75 Å². The van der Waals surface area contributed by atoms with Crippen LogP contribution in [0.1, 0.15) is 0 Å². The summed E-state index contributed by atoms with van der Waals surface area (Å²) in [7, 11) is 0. The van der Waals surface area contributed by atoms with E-state index in [4.69, 9.17) is 5.11 Å². The van der Waals surface area contributed by atoms with E-state index < -0.39 is 0 Å². The van der Waals surface area contributed by atoms with Crippen molar-refractivity contribution in [2.75, 3.05) is 4.72 Å². The van der Waals surface area contributed by atoms with Gasteiger partial charge in [-0.15, -0.1) is 0 Å². The molecule has 0 atom stereocenters. The van der Waals surface area contributed by atoms with Gasteiger partial charge in [0.1, 0.15) is 5.75 Å². The first-order chi connectivity index (χ1) is 4.34. The molecule has 0 radical (unpaired) electrons. The van der Waals surface area contributed by atoms with E-state index in [1.54, 1.807) is 18.2 Å². The lowest BCUT2D eigenvalue weighted by atomic mass is 10.3. The Kier molecular flexibility index (Phi) is 1.85. The first-order valence-electron chi connectivity index (χ1n) is 2.52. The molecule has 0 aromatic heterocycles. The van der Waals surface area contributed by atoms with Crippen LogP contribution in [0.4, 0.5) is 5.69 Å². The van der Waals surface area contributed by atoms with Crippen LogP contribution in [0.15, 0.2) is 24.3 Å². The molecule has 1 aromatic carbocycles. The highest BCUT2D eigenvalue weighted by Gasteiger charge is 1.92. The summed E-state index contributed by atoms with van der Waals surface area (Å²) in [4.78, 5) is 0. The number of phenolic OH excluding ortho intramolecular Hbond substituents is 1. The van der Waals surface area contributed by atoms with Gasteiger partial charge in [0.25, 0.3) is 0 Å². The molecule has 0 amide bonds. The van der Waals surface area contributed by atoms with Crippen LogP contribution < -0.4 is 4.72 Å². The normalized spacial score (nSPS) is 9.00. The topological polar surface area (TPSA) is 32.3 Å². The highest BCUT2D eigenvalue weighted by atomic mass is 32.1. The molecule has 0 bridgehead atoms. The second-order valence-electron chi connectivity index (χ2n) is 1.63. The Morgan fingerprint density at radius 2 is 2.00 bits per heavy atom. The van der Waals surface area contributed by atoms with Crippen LogP contribution in [-0.4, -0.2) is 5.11 Å². The van der Waals surface area contributed by atoms with E-state index >= 15 is 0 Å². The van der Waals surface area contributed by atoms with E-state index in [1.807, 2.05) is 6.07 Å². The van der Waals surface area contributed by atoms with E-state index in [0.717, 1.165) is 0 Å². The summed E-state index contributed by atoms with van der Waals surface area (Å²) in [5, 5.41) is 9.00. The van der Waals surface area contributed by atoms with Crippen LogP contribution >= 0.6 is 12.8 Å². The van der Waals surface area contributed by atoms with Gasteiger partial charge in [-0.25, -0.2) is 0 Å². The summed E-state index contributed by atoms with van der Waals surface area (Å²) in [6, 6.07) is 6.91. The third kappa shape index (κ3) is 1.29. The summed E-state index contributed by atoms with van der Waals surface area (Å²) >= 11 is 3.77. The van der Waals surface area contributed by atoms with Crippen molar-refractivity contribution in [2.24, 2.45) is 0 Å². The summed E-state index contributed by atoms with van der Waals surface area (Å²) < 4.78 is 2.54. The molecule has 1 aromatic rings. The first kappa shape index (κ1) is 6.29. The molecule has 0 saturated carbocycles. The first-order valence-corrected chi connectivity index (χ1v) is 2.97. The van der Waals surface area contributed by atoms with Crippen LogP contribution in [0, 0.1) is 0 Å². The van der Waals surface area contributed by atoms with Crippen molar-refractivity contribution >= 4 is 18.5 Å². The minimum atomic E-state index is 0.215. The maximum atomic E-state index is 9.00. The molecule has 0 unspecified atom stereocenters. The molecule has 0 aliphatic heterocycles. The number of aromatic hydroxyl groups is 1. The van der Waals surface area contributed by atoms with Crippen LogP contribution in [0.2, 0.25) is 0 Å². The summed E-state index contributed by atoms with van der Waals surface area (Å²) in [5.41, 5.74) is 0.626. The number of hydrogen-bond acceptors (Lipinski definition) is 3. The Morgan fingerprint density at radius 1 is 1.33 bits per heavy atom. The molecular weight excluding hydrogens is 134 g/mol. The Hall–Kier alpha value is -0.830. The molecular formula is C6H7NOS. The second-order valence-corrected chi connectivity index (χ2v) is 1.85. The number of anilines is 1. The zero-order valence-corrected chi connectivity index (χ0v) is 5.60. The van der Waals surface area contributed by atoms with Crippen molar-refractivity contribution < 1.29 is 5.11 Å². The predicted octanol–water partition coefficient (Wildman–Crippen LogP) is 1.65. The molecule has 2 nitrogen and oxygen atoms in total. The van der Waals surface area contributed by atoms with Gasteiger partial charge in [-0.05, 0) is 12.1 Å². The smallest absolute Gasteiger partial charge is 0.139 e. The fraction of sp³-hybridized carbons (Fsp3) is 0. The Balaban J connectivity index is 3.01. The van der Waals surface area contributed by atoms with E-state index in [1.165, 1.54) is 0 Å². The van der Waals surface area contributed by atoms with Gasteiger partial charge in [0.2, 0.25) is 0 Å². The Labute approximate surface area is 59.1 Å². The molecule has 1 rings (SSSR count). The fourth-order valence-corrected chi connectivity index (χ4v) is 0.757. The molecule has 0 aliphatic rings. The minimum absolute atomic E-state index is 0.215. The average Bonchev–Trinajstić information content (AvgIpc) is 1.89. The standard InChI is InChI=1S/C6H7NOS/c8-6-4-2-1-3-5(6)7-9/h1-4,7-9H. The average molecular weight is 141 g/mol. The Bertz CT molecular complexity index is 202. The zero-order valence-electron chi connectivity index (χ0n) is 4.70. The fourth-order valence-electron chi connectivity index (χ4n) is 0.568. The molecule has 0 spiro atoms. The molecule has 3 heteroatoms. The van der Waals surface area contributed by atoms with Gasteiger partial charge >= 0.3 is 0 Å². The molecule has 0 aliphatic carbocycles. The lowest BCUT2D eigenvalue weighted by Crippen LogP contribution is -1.78. The number of hydrogen-bond donors (Lipinski definition) is 3. The maximum absolute atomic E-state index is 9.00. The van der Waals surface area contributed by atoms with E-state index in [-0.39, 0.29) is 5.75 Å². The number of rotatable bonds is 1. The van der Waals surface area contributed by atoms with Gasteiger partial charge in [0, 0.05) is 0 Å². The molecule has 0 fully saturated rings. The van der Waals surface area contributed by atoms with Crippen LogP contribution in [-0.2, 0) is 0 Å². The van der Waals surface area contributed by atoms with Gasteiger partial charge in [0.15, 0.2) is 0 Å². The lowest BCUT2D eigenvalue weighted by Gasteiger charge is -1.98. The van der Waals surface area contributed by atoms with Gasteiger partial charge in [-0.1, -0.05) is 24.9 Å². The quantitative estimate of drug-likeness (QED) is 0.410. The Morgan fingerprint density at radius 3 is 2.44 bits per heavy atom. The predicted molar refractivity (Wildman–Crippen MR) is 40.7 cm³/mol. The van der Waals surface area contributed by atoms with Gasteiger partial charge < -0.3 is 9.83 Å². The minimum Gasteiger partial charge on any atom is -0.506 e. The molecule has 0 heterocycles. The number of para-hydroxylation sites is 2. The SMILES string of the molecule is Oc1ccccc1NS. The van der Waals surface area contributed by atoms with Crippen molar-refractivity contribution in [2.45, 2.75) is 0 Å². The summed E-state index contributed by atoms with van der Waals surface area (Å²) in [6.45, 7) is 0. The van der Waals surface area contributed by atoms with Gasteiger partial charge in [-0.3, -0.25) is 0 Å². The number of phenols is 1. The molecule has 0 saturated heterocycles. The lowest BCUT2D eigenvalue weighted by molar-refractivity contribution is 0.478.